The Morgan fingerprint density at radius 2 is 2.07 bits per heavy atom. The second kappa shape index (κ2) is 10.3. The molecule has 29 heavy (non-hydrogen) atoms. The van der Waals surface area contributed by atoms with E-state index in [0.717, 1.165) is 17.5 Å². The van der Waals surface area contributed by atoms with Crippen LogP contribution in [0, 0.1) is 0 Å². The van der Waals surface area contributed by atoms with Gasteiger partial charge in [0, 0.05) is 29.4 Å². The second-order valence-corrected chi connectivity index (χ2v) is 8.62. The first-order valence-corrected chi connectivity index (χ1v) is 11.3. The lowest BCUT2D eigenvalue weighted by Gasteiger charge is -2.12. The number of hydrogen-bond donors (Lipinski definition) is 4. The van der Waals surface area contributed by atoms with Gasteiger partial charge in [-0.3, -0.25) is 9.35 Å². The van der Waals surface area contributed by atoms with Crippen molar-refractivity contribution in [3.05, 3.63) is 51.4 Å². The molecule has 2 aromatic rings. The first kappa shape index (κ1) is 22.8. The van der Waals surface area contributed by atoms with Crippen molar-refractivity contribution in [2.24, 2.45) is 0 Å². The lowest BCUT2D eigenvalue weighted by molar-refractivity contribution is -0.122. The van der Waals surface area contributed by atoms with Crippen LogP contribution >= 0.6 is 11.8 Å². The second-order valence-electron chi connectivity index (χ2n) is 6.07. The molecule has 2 heterocycles. The SMILES string of the molecule is CCC1=CSC(c2cc3ccc(NCCCS(=O)(=O)O)cc3oc2=O)N1.O=CO. The molecule has 9 nitrogen and oxygen atoms in total. The zero-order chi connectivity index (χ0) is 21.4. The van der Waals surface area contributed by atoms with Crippen LogP contribution in [0.15, 0.2) is 44.6 Å². The van der Waals surface area contributed by atoms with Crippen LogP contribution in [0.25, 0.3) is 11.0 Å². The van der Waals surface area contributed by atoms with Crippen molar-refractivity contribution < 1.29 is 27.3 Å². The van der Waals surface area contributed by atoms with Crippen LogP contribution in [0.5, 0.6) is 0 Å². The van der Waals surface area contributed by atoms with Crippen molar-refractivity contribution in [3.8, 4) is 0 Å². The summed E-state index contributed by atoms with van der Waals surface area (Å²) in [6, 6.07) is 7.23. The largest absolute Gasteiger partial charge is 0.483 e. The monoisotopic (exact) mass is 442 g/mol. The number of anilines is 1. The molecule has 0 fully saturated rings. The van der Waals surface area contributed by atoms with Gasteiger partial charge in [0.1, 0.15) is 11.0 Å². The van der Waals surface area contributed by atoms with Gasteiger partial charge >= 0.3 is 5.63 Å². The average molecular weight is 443 g/mol. The summed E-state index contributed by atoms with van der Waals surface area (Å²) in [5.41, 5.74) is 2.48. The molecule has 0 radical (unpaired) electrons. The Hall–Kier alpha value is -2.50. The molecular formula is C18H22N2O7S2. The van der Waals surface area contributed by atoms with E-state index in [1.165, 1.54) is 0 Å². The van der Waals surface area contributed by atoms with Crippen LogP contribution < -0.4 is 16.3 Å². The fourth-order valence-electron chi connectivity index (χ4n) is 2.63. The van der Waals surface area contributed by atoms with E-state index in [-0.39, 0.29) is 29.6 Å². The van der Waals surface area contributed by atoms with Crippen molar-refractivity contribution in [3.63, 3.8) is 0 Å². The van der Waals surface area contributed by atoms with Gasteiger partial charge in [-0.25, -0.2) is 4.79 Å². The number of benzene rings is 1. The zero-order valence-corrected chi connectivity index (χ0v) is 17.3. The first-order valence-electron chi connectivity index (χ1n) is 8.73. The lowest BCUT2D eigenvalue weighted by Crippen LogP contribution is -2.19. The molecule has 0 aliphatic carbocycles. The van der Waals surface area contributed by atoms with Crippen molar-refractivity contribution >= 4 is 45.0 Å². The highest BCUT2D eigenvalue weighted by Crippen LogP contribution is 2.34. The summed E-state index contributed by atoms with van der Waals surface area (Å²) in [4.78, 5) is 20.7. The lowest BCUT2D eigenvalue weighted by atomic mass is 10.1. The smallest absolute Gasteiger partial charge is 0.342 e. The van der Waals surface area contributed by atoms with E-state index in [2.05, 4.69) is 17.6 Å². The predicted molar refractivity (Wildman–Crippen MR) is 113 cm³/mol. The van der Waals surface area contributed by atoms with Crippen molar-refractivity contribution in [2.45, 2.75) is 25.1 Å². The normalized spacial score (nSPS) is 15.8. The number of thioether (sulfide) groups is 1. The van der Waals surface area contributed by atoms with Crippen LogP contribution in [0.3, 0.4) is 0 Å². The molecule has 3 rings (SSSR count). The van der Waals surface area contributed by atoms with Crippen LogP contribution in [-0.4, -0.2) is 36.8 Å². The third kappa shape index (κ3) is 6.80. The fourth-order valence-corrected chi connectivity index (χ4v) is 4.20. The zero-order valence-electron chi connectivity index (χ0n) is 15.6. The fraction of sp³-hybridized carbons (Fsp3) is 0.333. The number of rotatable bonds is 7. The molecule has 4 N–H and O–H groups in total. The molecule has 1 unspecified atom stereocenters. The van der Waals surface area contributed by atoms with Gasteiger partial charge in [-0.05, 0) is 36.4 Å². The van der Waals surface area contributed by atoms with Crippen molar-refractivity contribution in [1.82, 2.24) is 5.32 Å². The number of allylic oxidation sites excluding steroid dienone is 1. The molecule has 1 aliphatic heterocycles. The van der Waals surface area contributed by atoms with Gasteiger partial charge < -0.3 is 20.2 Å². The number of nitrogens with one attached hydrogen (secondary N) is 2. The van der Waals surface area contributed by atoms with Gasteiger partial charge in [0.2, 0.25) is 0 Å². The van der Waals surface area contributed by atoms with Crippen LogP contribution in [0.4, 0.5) is 5.69 Å². The molecule has 1 aliphatic rings. The molecule has 0 saturated carbocycles. The van der Waals surface area contributed by atoms with Gasteiger partial charge in [-0.15, -0.1) is 11.8 Å². The van der Waals surface area contributed by atoms with E-state index in [1.807, 2.05) is 23.6 Å². The van der Waals surface area contributed by atoms with Crippen molar-refractivity contribution in [2.75, 3.05) is 17.6 Å². The minimum Gasteiger partial charge on any atom is -0.483 e. The van der Waals surface area contributed by atoms with E-state index < -0.39 is 10.1 Å². The van der Waals surface area contributed by atoms with E-state index in [1.54, 1.807) is 17.8 Å². The summed E-state index contributed by atoms with van der Waals surface area (Å²) in [7, 11) is -3.95. The van der Waals surface area contributed by atoms with Gasteiger partial charge in [-0.2, -0.15) is 8.42 Å². The van der Waals surface area contributed by atoms with E-state index in [0.29, 0.717) is 23.4 Å². The van der Waals surface area contributed by atoms with Gasteiger partial charge in [-0.1, -0.05) is 6.92 Å². The summed E-state index contributed by atoms with van der Waals surface area (Å²) in [5.74, 6) is -0.300. The summed E-state index contributed by atoms with van der Waals surface area (Å²) < 4.78 is 35.6. The molecule has 0 spiro atoms. The molecule has 0 saturated heterocycles. The van der Waals surface area contributed by atoms with Gasteiger partial charge in [0.15, 0.2) is 0 Å². The molecule has 158 valence electrons. The molecule has 1 aromatic carbocycles. The average Bonchev–Trinajstić information content (AvgIpc) is 3.13. The first-order chi connectivity index (χ1) is 13.8. The van der Waals surface area contributed by atoms with E-state index in [9.17, 15) is 13.2 Å². The Morgan fingerprint density at radius 3 is 2.69 bits per heavy atom. The topological polar surface area (TPSA) is 146 Å². The van der Waals surface area contributed by atoms with E-state index >= 15 is 0 Å². The molecular weight excluding hydrogens is 420 g/mol. The standard InChI is InChI=1S/C17H20N2O5S2.CH2O2/c1-2-12-10-25-16(19-12)14-8-11-4-5-13(9-15(11)24-17(14)20)18-6-3-7-26(21,22)23;2-1-3/h4-5,8-10,16,18-19H,2-3,6-7H2,1H3,(H,21,22,23);1H,(H,2,3). The minimum absolute atomic E-state index is 0.135. The Balaban J connectivity index is 0.000000941. The van der Waals surface area contributed by atoms with Crippen LogP contribution in [0.2, 0.25) is 0 Å². The Kier molecular flexibility index (Phi) is 8.11. The Labute approximate surface area is 171 Å². The summed E-state index contributed by atoms with van der Waals surface area (Å²) in [6.45, 7) is 2.18. The predicted octanol–water partition coefficient (Wildman–Crippen LogP) is 2.77. The highest BCUT2D eigenvalue weighted by molar-refractivity contribution is 8.02. The quantitative estimate of drug-likeness (QED) is 0.218. The molecule has 1 atom stereocenters. The number of carboxylic acid groups (broad SMARTS) is 1. The maximum Gasteiger partial charge on any atom is 0.342 e. The molecule has 11 heteroatoms. The third-order valence-electron chi connectivity index (χ3n) is 4.00. The maximum atomic E-state index is 12.3. The Bertz CT molecular complexity index is 1050. The number of hydrogen-bond acceptors (Lipinski definition) is 8. The van der Waals surface area contributed by atoms with Gasteiger partial charge in [0.05, 0.1) is 11.3 Å². The minimum atomic E-state index is -3.95. The molecule has 0 bridgehead atoms. The van der Waals surface area contributed by atoms with E-state index in [4.69, 9.17) is 18.9 Å². The highest BCUT2D eigenvalue weighted by atomic mass is 32.2. The highest BCUT2D eigenvalue weighted by Gasteiger charge is 2.21. The van der Waals surface area contributed by atoms with Gasteiger partial charge in [0.25, 0.3) is 16.6 Å². The third-order valence-corrected chi connectivity index (χ3v) is 5.87. The molecule has 0 amide bonds. The number of fused-ring (bicyclic) bond motifs is 1. The number of carbonyl (C=O) groups is 1. The maximum absolute atomic E-state index is 12.3. The summed E-state index contributed by atoms with van der Waals surface area (Å²) in [5, 5.41) is 15.9. The van der Waals surface area contributed by atoms with Crippen molar-refractivity contribution in [1.29, 1.82) is 0 Å². The summed E-state index contributed by atoms with van der Waals surface area (Å²) in [6.07, 6.45) is 1.16. The summed E-state index contributed by atoms with van der Waals surface area (Å²) >= 11 is 1.55. The van der Waals surface area contributed by atoms with Crippen LogP contribution in [0.1, 0.15) is 30.7 Å². The van der Waals surface area contributed by atoms with Crippen LogP contribution in [-0.2, 0) is 14.9 Å². The Morgan fingerprint density at radius 1 is 1.34 bits per heavy atom. The molecule has 1 aromatic heterocycles.